The van der Waals surface area contributed by atoms with Crippen LogP contribution in [0.2, 0.25) is 0 Å². The first kappa shape index (κ1) is 22.2. The van der Waals surface area contributed by atoms with E-state index < -0.39 is 0 Å². The molecule has 1 aliphatic rings. The van der Waals surface area contributed by atoms with Crippen LogP contribution in [0.3, 0.4) is 0 Å². The van der Waals surface area contributed by atoms with E-state index >= 15 is 0 Å². The molecule has 1 aliphatic heterocycles. The molecule has 0 saturated carbocycles. The van der Waals surface area contributed by atoms with E-state index in [1.165, 1.54) is 51.9 Å². The fraction of sp³-hybridized carbons (Fsp3) is 0.950. The van der Waals surface area contributed by atoms with Gasteiger partial charge in [-0.2, -0.15) is 0 Å². The van der Waals surface area contributed by atoms with Crippen LogP contribution in [0.25, 0.3) is 0 Å². The Kier molecular flexibility index (Phi) is 11.9. The van der Waals surface area contributed by atoms with Crippen LogP contribution in [0.15, 0.2) is 4.99 Å². The molecule has 25 heavy (non-hydrogen) atoms. The topological polar surface area (TPSA) is 42.9 Å². The molecule has 0 radical (unpaired) electrons. The lowest BCUT2D eigenvalue weighted by Gasteiger charge is -2.22. The Morgan fingerprint density at radius 2 is 1.80 bits per heavy atom. The van der Waals surface area contributed by atoms with Crippen LogP contribution < -0.4 is 10.6 Å². The van der Waals surface area contributed by atoms with E-state index in [-0.39, 0.29) is 0 Å². The number of hydrogen-bond acceptors (Lipinski definition) is 3. The van der Waals surface area contributed by atoms with Gasteiger partial charge in [0.05, 0.1) is 0 Å². The third kappa shape index (κ3) is 10.0. The Balaban J connectivity index is 2.32. The molecule has 0 aromatic rings. The van der Waals surface area contributed by atoms with Crippen LogP contribution >= 0.6 is 0 Å². The second kappa shape index (κ2) is 13.4. The highest BCUT2D eigenvalue weighted by Crippen LogP contribution is 2.10. The van der Waals surface area contributed by atoms with Crippen molar-refractivity contribution in [3.63, 3.8) is 0 Å². The van der Waals surface area contributed by atoms with Crippen LogP contribution in [0.1, 0.15) is 60.3 Å². The minimum atomic E-state index is 0.460. The molecule has 1 fully saturated rings. The summed E-state index contributed by atoms with van der Waals surface area (Å²) in [7, 11) is 0. The summed E-state index contributed by atoms with van der Waals surface area (Å²) in [6.07, 6.45) is 5.15. The first-order valence-corrected chi connectivity index (χ1v) is 10.6. The van der Waals surface area contributed by atoms with Gasteiger partial charge in [0, 0.05) is 25.7 Å². The van der Waals surface area contributed by atoms with Gasteiger partial charge in [-0.05, 0) is 78.2 Å². The van der Waals surface area contributed by atoms with Crippen LogP contribution in [-0.2, 0) is 0 Å². The number of guanidine groups is 1. The van der Waals surface area contributed by atoms with Gasteiger partial charge < -0.3 is 20.4 Å². The molecule has 2 unspecified atom stereocenters. The van der Waals surface area contributed by atoms with Gasteiger partial charge in [-0.1, -0.05) is 20.8 Å². The summed E-state index contributed by atoms with van der Waals surface area (Å²) in [6.45, 7) is 20.2. The molecule has 0 amide bonds. The number of likely N-dealkylation sites (tertiary alicyclic amines) is 1. The molecule has 0 aliphatic carbocycles. The SMILES string of the molecule is CCNC(=NCC(C)CN1CCCC1)NC(C)CCCN(CC)CC. The van der Waals surface area contributed by atoms with Gasteiger partial charge in [0.25, 0.3) is 0 Å². The summed E-state index contributed by atoms with van der Waals surface area (Å²) < 4.78 is 0. The van der Waals surface area contributed by atoms with Crippen molar-refractivity contribution in [2.24, 2.45) is 10.9 Å². The molecule has 1 saturated heterocycles. The zero-order chi connectivity index (χ0) is 18.5. The summed E-state index contributed by atoms with van der Waals surface area (Å²) >= 11 is 0. The molecule has 5 heteroatoms. The smallest absolute Gasteiger partial charge is 0.191 e. The largest absolute Gasteiger partial charge is 0.357 e. The van der Waals surface area contributed by atoms with E-state index in [9.17, 15) is 0 Å². The second-order valence-electron chi connectivity index (χ2n) is 7.55. The van der Waals surface area contributed by atoms with Crippen LogP contribution in [0.4, 0.5) is 0 Å². The highest BCUT2D eigenvalue weighted by Gasteiger charge is 2.14. The van der Waals surface area contributed by atoms with Crippen molar-refractivity contribution in [1.29, 1.82) is 0 Å². The molecule has 2 N–H and O–H groups in total. The number of nitrogens with one attached hydrogen (secondary N) is 2. The first-order valence-electron chi connectivity index (χ1n) is 10.6. The van der Waals surface area contributed by atoms with Crippen molar-refractivity contribution in [3.8, 4) is 0 Å². The monoisotopic (exact) mass is 353 g/mol. The zero-order valence-corrected chi connectivity index (χ0v) is 17.5. The number of nitrogens with zero attached hydrogens (tertiary/aromatic N) is 3. The predicted molar refractivity (Wildman–Crippen MR) is 110 cm³/mol. The minimum absolute atomic E-state index is 0.460. The van der Waals surface area contributed by atoms with Gasteiger partial charge in [0.1, 0.15) is 0 Å². The highest BCUT2D eigenvalue weighted by molar-refractivity contribution is 5.80. The molecule has 0 aromatic heterocycles. The van der Waals surface area contributed by atoms with E-state index in [0.29, 0.717) is 12.0 Å². The predicted octanol–water partition coefficient (Wildman–Crippen LogP) is 2.78. The van der Waals surface area contributed by atoms with Crippen LogP contribution in [-0.4, -0.2) is 74.2 Å². The second-order valence-corrected chi connectivity index (χ2v) is 7.55. The molecule has 2 atom stereocenters. The quantitative estimate of drug-likeness (QED) is 0.418. The molecule has 0 bridgehead atoms. The lowest BCUT2D eigenvalue weighted by Crippen LogP contribution is -2.43. The van der Waals surface area contributed by atoms with Crippen LogP contribution in [0.5, 0.6) is 0 Å². The average molecular weight is 354 g/mol. The molecular weight excluding hydrogens is 310 g/mol. The lowest BCUT2D eigenvalue weighted by molar-refractivity contribution is 0.291. The Hall–Kier alpha value is -0.810. The Morgan fingerprint density at radius 3 is 2.40 bits per heavy atom. The molecule has 1 rings (SSSR count). The van der Waals surface area contributed by atoms with Crippen molar-refractivity contribution >= 4 is 5.96 Å². The average Bonchev–Trinajstić information content (AvgIpc) is 3.09. The maximum atomic E-state index is 4.83. The van der Waals surface area contributed by atoms with Crippen molar-refractivity contribution in [3.05, 3.63) is 0 Å². The van der Waals surface area contributed by atoms with Crippen molar-refractivity contribution in [1.82, 2.24) is 20.4 Å². The van der Waals surface area contributed by atoms with Crippen molar-refractivity contribution in [2.75, 3.05) is 52.4 Å². The number of hydrogen-bond donors (Lipinski definition) is 2. The maximum Gasteiger partial charge on any atom is 0.191 e. The van der Waals surface area contributed by atoms with Gasteiger partial charge in [-0.15, -0.1) is 0 Å². The van der Waals surface area contributed by atoms with Crippen molar-refractivity contribution < 1.29 is 0 Å². The Morgan fingerprint density at radius 1 is 1.12 bits per heavy atom. The van der Waals surface area contributed by atoms with E-state index in [0.717, 1.165) is 32.1 Å². The van der Waals surface area contributed by atoms with E-state index in [2.05, 4.69) is 55.1 Å². The molecule has 5 nitrogen and oxygen atoms in total. The van der Waals surface area contributed by atoms with Gasteiger partial charge in [-0.3, -0.25) is 4.99 Å². The van der Waals surface area contributed by atoms with E-state index in [1.807, 2.05) is 0 Å². The normalized spacial score (nSPS) is 18.6. The molecule has 1 heterocycles. The summed E-state index contributed by atoms with van der Waals surface area (Å²) in [4.78, 5) is 9.90. The van der Waals surface area contributed by atoms with Gasteiger partial charge >= 0.3 is 0 Å². The summed E-state index contributed by atoms with van der Waals surface area (Å²) in [6, 6.07) is 0.460. The molecule has 0 spiro atoms. The number of aliphatic imine (C=N–C) groups is 1. The molecule has 0 aromatic carbocycles. The zero-order valence-electron chi connectivity index (χ0n) is 17.5. The Labute approximate surface area is 156 Å². The maximum absolute atomic E-state index is 4.83. The van der Waals surface area contributed by atoms with Gasteiger partial charge in [0.15, 0.2) is 5.96 Å². The molecule has 148 valence electrons. The summed E-state index contributed by atoms with van der Waals surface area (Å²) in [5.74, 6) is 1.60. The standard InChI is InChI=1S/C20H43N5/c1-6-21-20(22-16-18(4)17-25-13-9-10-14-25)23-19(5)12-11-15-24(7-2)8-3/h18-19H,6-17H2,1-5H3,(H2,21,22,23). The highest BCUT2D eigenvalue weighted by atomic mass is 15.2. The first-order chi connectivity index (χ1) is 12.1. The van der Waals surface area contributed by atoms with E-state index in [1.54, 1.807) is 0 Å². The van der Waals surface area contributed by atoms with Crippen LogP contribution in [0, 0.1) is 5.92 Å². The molecular formula is C20H43N5. The Bertz CT molecular complexity index is 348. The fourth-order valence-electron chi connectivity index (χ4n) is 3.50. The third-order valence-corrected chi connectivity index (χ3v) is 5.06. The van der Waals surface area contributed by atoms with Gasteiger partial charge in [-0.25, -0.2) is 0 Å². The fourth-order valence-corrected chi connectivity index (χ4v) is 3.50. The number of rotatable bonds is 12. The van der Waals surface area contributed by atoms with Crippen molar-refractivity contribution in [2.45, 2.75) is 66.3 Å². The summed E-state index contributed by atoms with van der Waals surface area (Å²) in [5.41, 5.74) is 0. The van der Waals surface area contributed by atoms with E-state index in [4.69, 9.17) is 4.99 Å². The minimum Gasteiger partial charge on any atom is -0.357 e. The third-order valence-electron chi connectivity index (χ3n) is 5.06. The lowest BCUT2D eigenvalue weighted by atomic mass is 10.1. The summed E-state index contributed by atoms with van der Waals surface area (Å²) in [5, 5.41) is 6.98. The van der Waals surface area contributed by atoms with Gasteiger partial charge in [0.2, 0.25) is 0 Å².